The molecule has 3 atom stereocenters. The van der Waals surface area contributed by atoms with Crippen LogP contribution in [0.4, 0.5) is 0 Å². The molecule has 2 aromatic rings. The Morgan fingerprint density at radius 3 is 2.74 bits per heavy atom. The van der Waals surface area contributed by atoms with Gasteiger partial charge in [0.25, 0.3) is 0 Å². The van der Waals surface area contributed by atoms with Crippen LogP contribution in [0.2, 0.25) is 0 Å². The molecule has 2 saturated carbocycles. The predicted octanol–water partition coefficient (Wildman–Crippen LogP) is 3.36. The van der Waals surface area contributed by atoms with Gasteiger partial charge in [-0.15, -0.1) is 0 Å². The van der Waals surface area contributed by atoms with Crippen molar-refractivity contribution in [2.24, 2.45) is 11.8 Å². The monoisotopic (exact) mass is 272 g/mol. The number of H-pyrrole nitrogens is 1. The van der Waals surface area contributed by atoms with Crippen LogP contribution in [-0.2, 0) is 0 Å². The number of hydrogen-bond donors (Lipinski definition) is 1. The van der Waals surface area contributed by atoms with E-state index in [1.165, 1.54) is 25.7 Å². The number of nitrogens with one attached hydrogen (secondary N) is 1. The molecule has 98 valence electrons. The van der Waals surface area contributed by atoms with E-state index in [0.717, 1.165) is 28.0 Å². The van der Waals surface area contributed by atoms with E-state index in [4.69, 9.17) is 12.2 Å². The molecule has 0 saturated heterocycles. The van der Waals surface area contributed by atoms with Crippen molar-refractivity contribution in [3.63, 3.8) is 0 Å². The Balaban J connectivity index is 1.80. The number of pyridine rings is 1. The molecular formula is C14H16N4S. The molecule has 0 unspecified atom stereocenters. The van der Waals surface area contributed by atoms with E-state index in [-0.39, 0.29) is 0 Å². The maximum Gasteiger partial charge on any atom is 0.195 e. The third-order valence-electron chi connectivity index (χ3n) is 4.68. The highest BCUT2D eigenvalue weighted by molar-refractivity contribution is 7.71. The molecule has 0 spiro atoms. The molecule has 0 radical (unpaired) electrons. The lowest BCUT2D eigenvalue weighted by Gasteiger charge is -2.24. The normalized spacial score (nSPS) is 28.9. The van der Waals surface area contributed by atoms with Gasteiger partial charge in [0.2, 0.25) is 0 Å². The summed E-state index contributed by atoms with van der Waals surface area (Å²) < 4.78 is 3.00. The first-order chi connectivity index (χ1) is 9.33. The molecule has 2 bridgehead atoms. The molecule has 0 aromatic carbocycles. The van der Waals surface area contributed by atoms with Crippen LogP contribution in [0.15, 0.2) is 24.5 Å². The second-order valence-corrected chi connectivity index (χ2v) is 6.09. The van der Waals surface area contributed by atoms with Crippen molar-refractivity contribution in [3.8, 4) is 11.4 Å². The van der Waals surface area contributed by atoms with Crippen molar-refractivity contribution < 1.29 is 0 Å². The minimum absolute atomic E-state index is 0.535. The van der Waals surface area contributed by atoms with Crippen LogP contribution in [0.25, 0.3) is 11.4 Å². The zero-order valence-corrected chi connectivity index (χ0v) is 11.4. The van der Waals surface area contributed by atoms with Crippen molar-refractivity contribution in [1.29, 1.82) is 0 Å². The first kappa shape index (κ1) is 11.3. The maximum absolute atomic E-state index is 5.45. The topological polar surface area (TPSA) is 46.5 Å². The zero-order valence-electron chi connectivity index (χ0n) is 10.6. The van der Waals surface area contributed by atoms with E-state index >= 15 is 0 Å². The van der Waals surface area contributed by atoms with Crippen LogP contribution in [0.3, 0.4) is 0 Å². The summed E-state index contributed by atoms with van der Waals surface area (Å²) >= 11 is 5.45. The Morgan fingerprint density at radius 2 is 2.05 bits per heavy atom. The van der Waals surface area contributed by atoms with Gasteiger partial charge in [0.15, 0.2) is 10.6 Å². The molecule has 0 aliphatic heterocycles. The number of aromatic amines is 1. The van der Waals surface area contributed by atoms with Crippen LogP contribution in [0, 0.1) is 16.6 Å². The summed E-state index contributed by atoms with van der Waals surface area (Å²) in [4.78, 5) is 4.07. The minimum atomic E-state index is 0.535. The number of hydrogen-bond acceptors (Lipinski definition) is 3. The van der Waals surface area contributed by atoms with E-state index in [9.17, 15) is 0 Å². The van der Waals surface area contributed by atoms with Gasteiger partial charge in [-0.2, -0.15) is 5.10 Å². The smallest absolute Gasteiger partial charge is 0.195 e. The zero-order chi connectivity index (χ0) is 12.8. The second kappa shape index (κ2) is 4.27. The molecule has 4 nitrogen and oxygen atoms in total. The highest BCUT2D eigenvalue weighted by Gasteiger charge is 2.41. The molecule has 0 amide bonds. The van der Waals surface area contributed by atoms with Crippen LogP contribution >= 0.6 is 12.2 Å². The molecule has 2 aromatic heterocycles. The van der Waals surface area contributed by atoms with Gasteiger partial charge in [0, 0.05) is 24.0 Å². The maximum atomic E-state index is 5.45. The van der Waals surface area contributed by atoms with E-state index in [1.807, 2.05) is 12.1 Å². The third kappa shape index (κ3) is 1.75. The molecule has 2 aliphatic rings. The lowest BCUT2D eigenvalue weighted by atomic mass is 9.95. The molecule has 2 fully saturated rings. The number of nitrogens with zero attached hydrogens (tertiary/aromatic N) is 3. The van der Waals surface area contributed by atoms with Crippen LogP contribution < -0.4 is 0 Å². The van der Waals surface area contributed by atoms with Crippen molar-refractivity contribution in [2.75, 3.05) is 0 Å². The standard InChI is InChI=1S/C14H16N4S/c19-14-17-16-13(10-3-5-15-6-4-10)18(14)12-8-9-1-2-11(12)7-9/h3-6,9,11-12H,1-2,7-8H2,(H,17,19)/t9-,11-,12+/m0/s1. The molecule has 4 rings (SSSR count). The van der Waals surface area contributed by atoms with Gasteiger partial charge in [0.1, 0.15) is 0 Å². The summed E-state index contributed by atoms with van der Waals surface area (Å²) in [7, 11) is 0. The van der Waals surface area contributed by atoms with Gasteiger partial charge in [-0.05, 0) is 55.4 Å². The molecule has 19 heavy (non-hydrogen) atoms. The van der Waals surface area contributed by atoms with Crippen molar-refractivity contribution >= 4 is 12.2 Å². The third-order valence-corrected chi connectivity index (χ3v) is 4.96. The van der Waals surface area contributed by atoms with Crippen molar-refractivity contribution in [1.82, 2.24) is 19.7 Å². The average Bonchev–Trinajstić information content (AvgIpc) is 3.14. The molecular weight excluding hydrogens is 256 g/mol. The Kier molecular flexibility index (Phi) is 2.55. The second-order valence-electron chi connectivity index (χ2n) is 5.70. The molecule has 5 heteroatoms. The molecule has 2 heterocycles. The highest BCUT2D eigenvalue weighted by atomic mass is 32.1. The number of rotatable bonds is 2. The SMILES string of the molecule is S=c1[nH]nc(-c2ccncc2)n1[C@@H]1C[C@H]2CC[C@H]1C2. The van der Waals surface area contributed by atoms with Crippen LogP contribution in [0.1, 0.15) is 31.7 Å². The lowest BCUT2D eigenvalue weighted by Crippen LogP contribution is -2.17. The van der Waals surface area contributed by atoms with Gasteiger partial charge in [-0.1, -0.05) is 6.42 Å². The fourth-order valence-corrected chi connectivity index (χ4v) is 4.11. The van der Waals surface area contributed by atoms with E-state index in [0.29, 0.717) is 6.04 Å². The Morgan fingerprint density at radius 1 is 1.21 bits per heavy atom. The van der Waals surface area contributed by atoms with E-state index in [1.54, 1.807) is 12.4 Å². The van der Waals surface area contributed by atoms with Crippen LogP contribution in [0.5, 0.6) is 0 Å². The quantitative estimate of drug-likeness (QED) is 0.853. The van der Waals surface area contributed by atoms with Gasteiger partial charge >= 0.3 is 0 Å². The molecule has 2 aliphatic carbocycles. The summed E-state index contributed by atoms with van der Waals surface area (Å²) in [5.74, 6) is 2.65. The summed E-state index contributed by atoms with van der Waals surface area (Å²) in [5.41, 5.74) is 1.09. The van der Waals surface area contributed by atoms with Crippen molar-refractivity contribution in [2.45, 2.75) is 31.7 Å². The minimum Gasteiger partial charge on any atom is -0.297 e. The number of aromatic nitrogens is 4. The Hall–Kier alpha value is -1.49. The highest BCUT2D eigenvalue weighted by Crippen LogP contribution is 2.51. The van der Waals surface area contributed by atoms with E-state index in [2.05, 4.69) is 19.7 Å². The average molecular weight is 272 g/mol. The van der Waals surface area contributed by atoms with Gasteiger partial charge in [-0.25, -0.2) is 0 Å². The molecule has 1 N–H and O–H groups in total. The summed E-state index contributed by atoms with van der Waals surface area (Å²) in [6.07, 6.45) is 8.98. The van der Waals surface area contributed by atoms with Gasteiger partial charge in [0.05, 0.1) is 0 Å². The summed E-state index contributed by atoms with van der Waals surface area (Å²) in [5, 5.41) is 7.40. The van der Waals surface area contributed by atoms with Crippen LogP contribution in [-0.4, -0.2) is 19.7 Å². The first-order valence-electron chi connectivity index (χ1n) is 6.90. The van der Waals surface area contributed by atoms with Gasteiger partial charge in [-0.3, -0.25) is 14.6 Å². The Labute approximate surface area is 116 Å². The number of fused-ring (bicyclic) bond motifs is 2. The Bertz CT molecular complexity index is 645. The largest absolute Gasteiger partial charge is 0.297 e. The fourth-order valence-electron chi connectivity index (χ4n) is 3.84. The lowest BCUT2D eigenvalue weighted by molar-refractivity contribution is 0.329. The van der Waals surface area contributed by atoms with E-state index < -0.39 is 0 Å². The summed E-state index contributed by atoms with van der Waals surface area (Å²) in [6, 6.07) is 4.52. The predicted molar refractivity (Wildman–Crippen MR) is 75.1 cm³/mol. The fraction of sp³-hybridized carbons (Fsp3) is 0.500. The van der Waals surface area contributed by atoms with Gasteiger partial charge < -0.3 is 0 Å². The van der Waals surface area contributed by atoms with Crippen molar-refractivity contribution in [3.05, 3.63) is 29.3 Å². The summed E-state index contributed by atoms with van der Waals surface area (Å²) in [6.45, 7) is 0. The first-order valence-corrected chi connectivity index (χ1v) is 7.31.